The number of carbonyl (C=O) groups excluding carboxylic acids is 1. The molecular formula is C17H18O3. The predicted octanol–water partition coefficient (Wildman–Crippen LogP) is 3.52. The largest absolute Gasteiger partial charge is 0.497 e. The molecule has 0 atom stereocenters. The molecule has 0 aliphatic carbocycles. The Balaban J connectivity index is 2.01. The standard InChI is InChI=1S/C17H18O3/c1-19-14-10-7-13(8-11-14)9-12-16(18)15-5-3-4-6-17(15)20-2/h3-8,10-11H,9,12H2,1-2H3. The fourth-order valence-electron chi connectivity index (χ4n) is 2.06. The highest BCUT2D eigenvalue weighted by atomic mass is 16.5. The van der Waals surface area contributed by atoms with Crippen LogP contribution in [0.1, 0.15) is 22.3 Å². The predicted molar refractivity (Wildman–Crippen MR) is 78.6 cm³/mol. The van der Waals surface area contributed by atoms with Gasteiger partial charge in [0.25, 0.3) is 0 Å². The van der Waals surface area contributed by atoms with Crippen molar-refractivity contribution in [2.24, 2.45) is 0 Å². The normalized spacial score (nSPS) is 10.1. The summed E-state index contributed by atoms with van der Waals surface area (Å²) < 4.78 is 10.3. The first-order chi connectivity index (χ1) is 9.74. The first-order valence-corrected chi connectivity index (χ1v) is 6.53. The van der Waals surface area contributed by atoms with Crippen molar-refractivity contribution in [3.8, 4) is 11.5 Å². The van der Waals surface area contributed by atoms with Gasteiger partial charge in [-0.25, -0.2) is 0 Å². The lowest BCUT2D eigenvalue weighted by molar-refractivity contribution is 0.0980. The molecule has 2 aromatic carbocycles. The van der Waals surface area contributed by atoms with Gasteiger partial charge in [-0.2, -0.15) is 0 Å². The Bertz CT molecular complexity index is 573. The lowest BCUT2D eigenvalue weighted by atomic mass is 10.0. The van der Waals surface area contributed by atoms with Crippen molar-refractivity contribution in [2.45, 2.75) is 12.8 Å². The third kappa shape index (κ3) is 3.38. The Kier molecular flexibility index (Phi) is 4.77. The van der Waals surface area contributed by atoms with Crippen molar-refractivity contribution >= 4 is 5.78 Å². The minimum Gasteiger partial charge on any atom is -0.497 e. The van der Waals surface area contributed by atoms with Crippen molar-refractivity contribution in [2.75, 3.05) is 14.2 Å². The number of ketones is 1. The van der Waals surface area contributed by atoms with E-state index in [1.807, 2.05) is 36.4 Å². The molecule has 0 amide bonds. The van der Waals surface area contributed by atoms with E-state index >= 15 is 0 Å². The van der Waals surface area contributed by atoms with E-state index in [9.17, 15) is 4.79 Å². The van der Waals surface area contributed by atoms with Gasteiger partial charge in [0.15, 0.2) is 5.78 Å². The average molecular weight is 270 g/mol. The number of rotatable bonds is 6. The summed E-state index contributed by atoms with van der Waals surface area (Å²) in [6.07, 6.45) is 1.17. The van der Waals surface area contributed by atoms with Gasteiger partial charge in [-0.3, -0.25) is 4.79 Å². The van der Waals surface area contributed by atoms with E-state index in [2.05, 4.69) is 0 Å². The van der Waals surface area contributed by atoms with Gasteiger partial charge in [0.05, 0.1) is 19.8 Å². The van der Waals surface area contributed by atoms with Crippen molar-refractivity contribution in [3.63, 3.8) is 0 Å². The zero-order chi connectivity index (χ0) is 14.4. The number of methoxy groups -OCH3 is 2. The minimum absolute atomic E-state index is 0.0956. The lowest BCUT2D eigenvalue weighted by Crippen LogP contribution is -2.03. The number of hydrogen-bond donors (Lipinski definition) is 0. The number of hydrogen-bond acceptors (Lipinski definition) is 3. The topological polar surface area (TPSA) is 35.5 Å². The van der Waals surface area contributed by atoms with Crippen molar-refractivity contribution in [3.05, 3.63) is 59.7 Å². The first kappa shape index (κ1) is 14.1. The van der Waals surface area contributed by atoms with Crippen LogP contribution in [-0.2, 0) is 6.42 Å². The summed E-state index contributed by atoms with van der Waals surface area (Å²) in [6.45, 7) is 0. The van der Waals surface area contributed by atoms with Gasteiger partial charge in [0, 0.05) is 6.42 Å². The third-order valence-electron chi connectivity index (χ3n) is 3.21. The van der Waals surface area contributed by atoms with E-state index in [1.54, 1.807) is 26.4 Å². The van der Waals surface area contributed by atoms with Crippen molar-refractivity contribution in [1.82, 2.24) is 0 Å². The van der Waals surface area contributed by atoms with Crippen LogP contribution in [0.5, 0.6) is 11.5 Å². The molecule has 2 rings (SSSR count). The van der Waals surface area contributed by atoms with E-state index in [-0.39, 0.29) is 5.78 Å². The second-order valence-electron chi connectivity index (χ2n) is 4.47. The Labute approximate surface area is 119 Å². The van der Waals surface area contributed by atoms with Gasteiger partial charge in [0.1, 0.15) is 11.5 Å². The number of benzene rings is 2. The summed E-state index contributed by atoms with van der Waals surface area (Å²) in [7, 11) is 3.22. The Morgan fingerprint density at radius 1 is 0.950 bits per heavy atom. The quantitative estimate of drug-likeness (QED) is 0.753. The average Bonchev–Trinajstić information content (AvgIpc) is 2.53. The fourth-order valence-corrected chi connectivity index (χ4v) is 2.06. The molecule has 0 saturated heterocycles. The van der Waals surface area contributed by atoms with Crippen LogP contribution >= 0.6 is 0 Å². The monoisotopic (exact) mass is 270 g/mol. The summed E-state index contributed by atoms with van der Waals surface area (Å²) in [5.41, 5.74) is 1.76. The molecule has 3 heteroatoms. The molecule has 0 N–H and O–H groups in total. The molecular weight excluding hydrogens is 252 g/mol. The van der Waals surface area contributed by atoms with Gasteiger partial charge in [-0.15, -0.1) is 0 Å². The highest BCUT2D eigenvalue weighted by Gasteiger charge is 2.11. The van der Waals surface area contributed by atoms with Gasteiger partial charge in [-0.1, -0.05) is 24.3 Å². The maximum atomic E-state index is 12.2. The molecule has 0 aliphatic rings. The molecule has 0 bridgehead atoms. The highest BCUT2D eigenvalue weighted by Crippen LogP contribution is 2.20. The van der Waals surface area contributed by atoms with Crippen molar-refractivity contribution < 1.29 is 14.3 Å². The molecule has 104 valence electrons. The molecule has 0 saturated carbocycles. The lowest BCUT2D eigenvalue weighted by Gasteiger charge is -2.07. The van der Waals surface area contributed by atoms with E-state index in [0.717, 1.165) is 11.3 Å². The molecule has 0 aliphatic heterocycles. The number of ether oxygens (including phenoxy) is 2. The van der Waals surface area contributed by atoms with E-state index in [4.69, 9.17) is 9.47 Å². The molecule has 0 unspecified atom stereocenters. The van der Waals surface area contributed by atoms with Crippen LogP contribution < -0.4 is 9.47 Å². The van der Waals surface area contributed by atoms with Crippen LogP contribution in [0.15, 0.2) is 48.5 Å². The van der Waals surface area contributed by atoms with Crippen LogP contribution in [-0.4, -0.2) is 20.0 Å². The second kappa shape index (κ2) is 6.75. The van der Waals surface area contributed by atoms with Crippen LogP contribution in [0.3, 0.4) is 0 Å². The number of para-hydroxylation sites is 1. The fraction of sp³-hybridized carbons (Fsp3) is 0.235. The van der Waals surface area contributed by atoms with E-state index < -0.39 is 0 Å². The SMILES string of the molecule is COc1ccc(CCC(=O)c2ccccc2OC)cc1. The minimum atomic E-state index is 0.0956. The van der Waals surface area contributed by atoms with Crippen LogP contribution in [0, 0.1) is 0 Å². The summed E-state index contributed by atoms with van der Waals surface area (Å²) in [6, 6.07) is 15.1. The number of carbonyl (C=O) groups is 1. The first-order valence-electron chi connectivity index (χ1n) is 6.53. The number of aryl methyl sites for hydroxylation is 1. The summed E-state index contributed by atoms with van der Waals surface area (Å²) in [5, 5.41) is 0. The van der Waals surface area contributed by atoms with Gasteiger partial charge in [0.2, 0.25) is 0 Å². The maximum absolute atomic E-state index is 12.2. The molecule has 0 spiro atoms. The van der Waals surface area contributed by atoms with Crippen molar-refractivity contribution in [1.29, 1.82) is 0 Å². The summed E-state index contributed by atoms with van der Waals surface area (Å²) >= 11 is 0. The second-order valence-corrected chi connectivity index (χ2v) is 4.47. The molecule has 0 radical (unpaired) electrons. The summed E-state index contributed by atoms with van der Waals surface area (Å²) in [5.74, 6) is 1.55. The molecule has 0 fully saturated rings. The molecule has 2 aromatic rings. The van der Waals surface area contributed by atoms with Gasteiger partial charge in [-0.05, 0) is 36.2 Å². The van der Waals surface area contributed by atoms with E-state index in [0.29, 0.717) is 24.2 Å². The molecule has 20 heavy (non-hydrogen) atoms. The molecule has 0 heterocycles. The maximum Gasteiger partial charge on any atom is 0.166 e. The molecule has 3 nitrogen and oxygen atoms in total. The third-order valence-corrected chi connectivity index (χ3v) is 3.21. The van der Waals surface area contributed by atoms with Gasteiger partial charge < -0.3 is 9.47 Å². The van der Waals surface area contributed by atoms with Crippen LogP contribution in [0.2, 0.25) is 0 Å². The van der Waals surface area contributed by atoms with Crippen LogP contribution in [0.4, 0.5) is 0 Å². The Morgan fingerprint density at radius 2 is 1.65 bits per heavy atom. The van der Waals surface area contributed by atoms with Crippen LogP contribution in [0.25, 0.3) is 0 Å². The van der Waals surface area contributed by atoms with Gasteiger partial charge >= 0.3 is 0 Å². The highest BCUT2D eigenvalue weighted by molar-refractivity contribution is 5.98. The van der Waals surface area contributed by atoms with E-state index in [1.165, 1.54) is 0 Å². The zero-order valence-corrected chi connectivity index (χ0v) is 11.8. The molecule has 0 aromatic heterocycles. The Hall–Kier alpha value is -2.29. The number of Topliss-reactive ketones (excluding diaryl/α,β-unsaturated/α-hetero) is 1. The smallest absolute Gasteiger partial charge is 0.166 e. The summed E-state index contributed by atoms with van der Waals surface area (Å²) in [4.78, 5) is 12.2. The Morgan fingerprint density at radius 3 is 2.30 bits per heavy atom. The zero-order valence-electron chi connectivity index (χ0n) is 11.8.